The Morgan fingerprint density at radius 3 is 1.80 bits per heavy atom. The molecule has 0 amide bonds. The van der Waals surface area contributed by atoms with E-state index in [-0.39, 0.29) is 0 Å². The Morgan fingerprint density at radius 1 is 0.420 bits per heavy atom. The molecule has 3 heteroatoms. The molecule has 0 saturated carbocycles. The van der Waals surface area contributed by atoms with Crippen molar-refractivity contribution in [3.63, 3.8) is 0 Å². The lowest BCUT2D eigenvalue weighted by Gasteiger charge is -2.26. The van der Waals surface area contributed by atoms with Gasteiger partial charge in [0.15, 0.2) is 5.58 Å². The molecule has 0 bridgehead atoms. The van der Waals surface area contributed by atoms with Crippen LogP contribution in [0.5, 0.6) is 0 Å². The van der Waals surface area contributed by atoms with Gasteiger partial charge in [0.1, 0.15) is 5.58 Å². The van der Waals surface area contributed by atoms with Crippen molar-refractivity contribution in [3.05, 3.63) is 182 Å². The van der Waals surface area contributed by atoms with E-state index in [9.17, 15) is 0 Å². The van der Waals surface area contributed by atoms with Crippen molar-refractivity contribution >= 4 is 71.3 Å². The molecule has 2 aromatic heterocycles. The molecule has 0 unspecified atom stereocenters. The molecule has 0 aliphatic carbocycles. The van der Waals surface area contributed by atoms with Crippen molar-refractivity contribution in [2.75, 3.05) is 4.90 Å². The third-order valence-corrected chi connectivity index (χ3v) is 9.93. The van der Waals surface area contributed by atoms with Gasteiger partial charge in [0.05, 0.1) is 23.5 Å². The van der Waals surface area contributed by atoms with Gasteiger partial charge in [-0.25, -0.2) is 0 Å². The Morgan fingerprint density at radius 2 is 1.02 bits per heavy atom. The minimum absolute atomic E-state index is 0.763. The zero-order chi connectivity index (χ0) is 33.0. The highest BCUT2D eigenvalue weighted by Gasteiger charge is 2.21. The molecular formula is C47H30N2O. The monoisotopic (exact) mass is 638 g/mol. The summed E-state index contributed by atoms with van der Waals surface area (Å²) in [5.41, 5.74) is 9.44. The number of pyridine rings is 1. The topological polar surface area (TPSA) is 29.3 Å². The summed E-state index contributed by atoms with van der Waals surface area (Å²) in [6.45, 7) is 0. The number of nitrogens with zero attached hydrogens (tertiary/aromatic N) is 2. The molecule has 0 radical (unpaired) electrons. The van der Waals surface area contributed by atoms with Crippen molar-refractivity contribution in [1.82, 2.24) is 4.98 Å². The van der Waals surface area contributed by atoms with E-state index in [0.29, 0.717) is 0 Å². The summed E-state index contributed by atoms with van der Waals surface area (Å²) in [6.07, 6.45) is 3.79. The Labute approximate surface area is 289 Å². The minimum Gasteiger partial charge on any atom is -0.454 e. The van der Waals surface area contributed by atoms with Gasteiger partial charge in [0.2, 0.25) is 0 Å². The molecule has 10 aromatic rings. The highest BCUT2D eigenvalue weighted by molar-refractivity contribution is 6.19. The lowest BCUT2D eigenvalue weighted by Crippen LogP contribution is -2.10. The van der Waals surface area contributed by atoms with Gasteiger partial charge in [-0.15, -0.1) is 0 Å². The Kier molecular flexibility index (Phi) is 6.49. The van der Waals surface area contributed by atoms with Crippen molar-refractivity contribution in [2.24, 2.45) is 0 Å². The average Bonchev–Trinajstić information content (AvgIpc) is 3.58. The molecule has 0 N–H and O–H groups in total. The van der Waals surface area contributed by atoms with Crippen LogP contribution in [0, 0.1) is 0 Å². The first-order valence-corrected chi connectivity index (χ1v) is 16.9. The minimum atomic E-state index is 0.763. The van der Waals surface area contributed by atoms with E-state index in [4.69, 9.17) is 9.40 Å². The Balaban J connectivity index is 1.14. The number of anilines is 3. The van der Waals surface area contributed by atoms with Gasteiger partial charge >= 0.3 is 0 Å². The van der Waals surface area contributed by atoms with Gasteiger partial charge in [-0.05, 0) is 85.6 Å². The van der Waals surface area contributed by atoms with Gasteiger partial charge in [0, 0.05) is 22.1 Å². The first-order chi connectivity index (χ1) is 24.8. The van der Waals surface area contributed by atoms with E-state index in [1.165, 1.54) is 43.8 Å². The summed E-state index contributed by atoms with van der Waals surface area (Å²) in [4.78, 5) is 7.02. The number of benzene rings is 8. The van der Waals surface area contributed by atoms with Crippen LogP contribution in [0.15, 0.2) is 187 Å². The standard InChI is InChI=1S/C47H30N2O/c1-2-11-36-28-37(17-16-31(36)8-1)32-18-23-38(24-19-32)49(39-25-20-35(21-26-39)41-15-7-12-33-9-3-5-13-40(33)41)44-29-48-30-45-46(44)43-27-22-34-10-4-6-14-42(34)47(43)50-45/h1-30H. The van der Waals surface area contributed by atoms with Crippen LogP contribution in [-0.4, -0.2) is 4.98 Å². The fraction of sp³-hybridized carbons (Fsp3) is 0. The first-order valence-electron chi connectivity index (χ1n) is 16.9. The molecule has 10 rings (SSSR count). The molecule has 0 saturated heterocycles. The SMILES string of the molecule is c1ccc2cc(-c3ccc(N(c4ccc(-c5cccc6ccccc56)cc4)c4cncc5oc6c7ccccc7ccc6c45)cc3)ccc2c1. The Bertz CT molecular complexity index is 2860. The fourth-order valence-electron chi connectivity index (χ4n) is 7.47. The predicted molar refractivity (Wildman–Crippen MR) is 210 cm³/mol. The molecule has 50 heavy (non-hydrogen) atoms. The van der Waals surface area contributed by atoms with E-state index in [2.05, 4.69) is 175 Å². The second kappa shape index (κ2) is 11.5. The number of aromatic nitrogens is 1. The summed E-state index contributed by atoms with van der Waals surface area (Å²) < 4.78 is 6.57. The summed E-state index contributed by atoms with van der Waals surface area (Å²) in [5.74, 6) is 0. The van der Waals surface area contributed by atoms with Crippen LogP contribution in [0.4, 0.5) is 17.1 Å². The van der Waals surface area contributed by atoms with E-state index in [0.717, 1.165) is 49.8 Å². The number of fused-ring (bicyclic) bond motifs is 7. The summed E-state index contributed by atoms with van der Waals surface area (Å²) >= 11 is 0. The molecule has 2 heterocycles. The largest absolute Gasteiger partial charge is 0.454 e. The molecular weight excluding hydrogens is 609 g/mol. The molecule has 234 valence electrons. The molecule has 0 aliphatic heterocycles. The second-order valence-corrected chi connectivity index (χ2v) is 12.8. The van der Waals surface area contributed by atoms with Gasteiger partial charge in [-0.2, -0.15) is 0 Å². The third kappa shape index (κ3) is 4.63. The second-order valence-electron chi connectivity index (χ2n) is 12.8. The highest BCUT2D eigenvalue weighted by atomic mass is 16.3. The fourth-order valence-corrected chi connectivity index (χ4v) is 7.47. The molecule has 0 aliphatic rings. The number of hydrogen-bond donors (Lipinski definition) is 0. The summed E-state index contributed by atoms with van der Waals surface area (Å²) in [7, 11) is 0. The molecule has 0 fully saturated rings. The molecule has 3 nitrogen and oxygen atoms in total. The van der Waals surface area contributed by atoms with Gasteiger partial charge in [0.25, 0.3) is 0 Å². The molecule has 8 aromatic carbocycles. The van der Waals surface area contributed by atoms with Crippen LogP contribution in [0.2, 0.25) is 0 Å². The number of rotatable bonds is 5. The maximum Gasteiger partial charge on any atom is 0.155 e. The van der Waals surface area contributed by atoms with Crippen molar-refractivity contribution in [3.8, 4) is 22.3 Å². The van der Waals surface area contributed by atoms with E-state index >= 15 is 0 Å². The quantitative estimate of drug-likeness (QED) is 0.188. The van der Waals surface area contributed by atoms with Gasteiger partial charge < -0.3 is 9.32 Å². The van der Waals surface area contributed by atoms with E-state index in [1.807, 2.05) is 12.4 Å². The van der Waals surface area contributed by atoms with Crippen LogP contribution in [0.25, 0.3) is 76.5 Å². The average molecular weight is 639 g/mol. The number of furan rings is 1. The predicted octanol–water partition coefficient (Wildman–Crippen LogP) is 13.2. The van der Waals surface area contributed by atoms with Crippen LogP contribution in [-0.2, 0) is 0 Å². The van der Waals surface area contributed by atoms with Crippen LogP contribution in [0.1, 0.15) is 0 Å². The van der Waals surface area contributed by atoms with Gasteiger partial charge in [-0.3, -0.25) is 4.98 Å². The molecule has 0 spiro atoms. The highest BCUT2D eigenvalue weighted by Crippen LogP contribution is 2.44. The Hall–Kier alpha value is -6.71. The molecule has 0 atom stereocenters. The van der Waals surface area contributed by atoms with Crippen molar-refractivity contribution < 1.29 is 4.42 Å². The maximum absolute atomic E-state index is 6.57. The van der Waals surface area contributed by atoms with Crippen LogP contribution in [0.3, 0.4) is 0 Å². The van der Waals surface area contributed by atoms with Crippen LogP contribution < -0.4 is 4.90 Å². The zero-order valence-electron chi connectivity index (χ0n) is 27.1. The zero-order valence-corrected chi connectivity index (χ0v) is 27.1. The van der Waals surface area contributed by atoms with Crippen molar-refractivity contribution in [1.29, 1.82) is 0 Å². The summed E-state index contributed by atoms with van der Waals surface area (Å²) in [5, 5.41) is 9.32. The van der Waals surface area contributed by atoms with Crippen LogP contribution >= 0.6 is 0 Å². The van der Waals surface area contributed by atoms with E-state index in [1.54, 1.807) is 0 Å². The lowest BCUT2D eigenvalue weighted by atomic mass is 9.98. The summed E-state index contributed by atoms with van der Waals surface area (Å²) in [6, 6.07) is 60.7. The lowest BCUT2D eigenvalue weighted by molar-refractivity contribution is 0.670. The normalized spacial score (nSPS) is 11.6. The van der Waals surface area contributed by atoms with Crippen molar-refractivity contribution in [2.45, 2.75) is 0 Å². The maximum atomic E-state index is 6.57. The third-order valence-electron chi connectivity index (χ3n) is 9.93. The first kappa shape index (κ1) is 28.3. The number of hydrogen-bond acceptors (Lipinski definition) is 3. The smallest absolute Gasteiger partial charge is 0.155 e. The van der Waals surface area contributed by atoms with E-state index < -0.39 is 0 Å². The van der Waals surface area contributed by atoms with Gasteiger partial charge in [-0.1, -0.05) is 133 Å².